The number of carbonyl (C=O) groups excluding carboxylic acids is 1. The molecule has 1 aliphatic rings. The number of carbonyl (C=O) groups is 1. The van der Waals surface area contributed by atoms with E-state index in [0.717, 1.165) is 30.9 Å². The summed E-state index contributed by atoms with van der Waals surface area (Å²) in [6, 6.07) is 2.10. The Balaban J connectivity index is 1.87. The van der Waals surface area contributed by atoms with E-state index in [-0.39, 0.29) is 11.8 Å². The minimum Gasteiger partial charge on any atom is -0.356 e. The number of nitrogens with one attached hydrogen (secondary N) is 1. The Morgan fingerprint density at radius 3 is 3.26 bits per heavy atom. The van der Waals surface area contributed by atoms with E-state index in [0.29, 0.717) is 6.54 Å². The summed E-state index contributed by atoms with van der Waals surface area (Å²) in [5.74, 6) is 1.33. The molecule has 1 atom stereocenters. The van der Waals surface area contributed by atoms with Gasteiger partial charge in [0.1, 0.15) is 5.82 Å². The molecular weight excluding hydrogens is 258 g/mol. The number of fused-ring (bicyclic) bond motifs is 1. The van der Waals surface area contributed by atoms with Gasteiger partial charge in [-0.25, -0.2) is 4.98 Å². The summed E-state index contributed by atoms with van der Waals surface area (Å²) in [6.45, 7) is 3.40. The number of imidazole rings is 1. The van der Waals surface area contributed by atoms with E-state index >= 15 is 0 Å². The molecule has 3 rings (SSSR count). The minimum absolute atomic E-state index is 0.0686. The predicted molar refractivity (Wildman–Crippen MR) is 76.0 cm³/mol. The van der Waals surface area contributed by atoms with Crippen LogP contribution in [0.2, 0.25) is 0 Å². The second-order valence-electron chi connectivity index (χ2n) is 4.81. The predicted octanol–water partition coefficient (Wildman–Crippen LogP) is 2.31. The van der Waals surface area contributed by atoms with Gasteiger partial charge in [-0.2, -0.15) is 11.3 Å². The van der Waals surface area contributed by atoms with Crippen LogP contribution >= 0.6 is 11.3 Å². The number of aryl methyl sites for hydroxylation is 1. The van der Waals surface area contributed by atoms with Gasteiger partial charge in [-0.05, 0) is 24.8 Å². The van der Waals surface area contributed by atoms with Crippen molar-refractivity contribution >= 4 is 17.2 Å². The molecular formula is C14H17N3OS. The smallest absolute Gasteiger partial charge is 0.224 e. The van der Waals surface area contributed by atoms with Gasteiger partial charge in [0.05, 0.1) is 17.8 Å². The fourth-order valence-electron chi connectivity index (χ4n) is 2.61. The van der Waals surface area contributed by atoms with Gasteiger partial charge in [-0.15, -0.1) is 0 Å². The third kappa shape index (κ3) is 2.30. The Morgan fingerprint density at radius 1 is 1.63 bits per heavy atom. The summed E-state index contributed by atoms with van der Waals surface area (Å²) in [7, 11) is 0. The molecule has 1 aliphatic heterocycles. The van der Waals surface area contributed by atoms with Gasteiger partial charge in [0.15, 0.2) is 0 Å². The highest BCUT2D eigenvalue weighted by Crippen LogP contribution is 2.28. The SMILES string of the molecule is CCNC(=O)C1CCc2ncc(-c3ccsc3)n2C1. The molecule has 1 amide bonds. The Hall–Kier alpha value is -1.62. The Bertz CT molecular complexity index is 574. The fraction of sp³-hybridized carbons (Fsp3) is 0.429. The molecule has 1 N–H and O–H groups in total. The molecule has 1 unspecified atom stereocenters. The molecule has 19 heavy (non-hydrogen) atoms. The van der Waals surface area contributed by atoms with E-state index in [2.05, 4.69) is 31.7 Å². The van der Waals surface area contributed by atoms with Crippen molar-refractivity contribution in [1.29, 1.82) is 0 Å². The first-order valence-corrected chi connectivity index (χ1v) is 7.58. The van der Waals surface area contributed by atoms with Gasteiger partial charge in [0.2, 0.25) is 5.91 Å². The van der Waals surface area contributed by atoms with E-state index in [1.54, 1.807) is 11.3 Å². The number of hydrogen-bond donors (Lipinski definition) is 1. The van der Waals surface area contributed by atoms with Gasteiger partial charge in [-0.1, -0.05) is 0 Å². The highest BCUT2D eigenvalue weighted by atomic mass is 32.1. The molecule has 100 valence electrons. The Kier molecular flexibility index (Phi) is 3.38. The topological polar surface area (TPSA) is 46.9 Å². The number of hydrogen-bond acceptors (Lipinski definition) is 3. The van der Waals surface area contributed by atoms with Crippen LogP contribution in [0.4, 0.5) is 0 Å². The van der Waals surface area contributed by atoms with Gasteiger partial charge in [0, 0.05) is 30.5 Å². The summed E-state index contributed by atoms with van der Waals surface area (Å²) in [5, 5.41) is 7.12. The number of thiophene rings is 1. The van der Waals surface area contributed by atoms with Crippen molar-refractivity contribution in [1.82, 2.24) is 14.9 Å². The fourth-order valence-corrected chi connectivity index (χ4v) is 3.26. The Labute approximate surface area is 116 Å². The maximum Gasteiger partial charge on any atom is 0.224 e. The highest BCUT2D eigenvalue weighted by molar-refractivity contribution is 7.08. The van der Waals surface area contributed by atoms with Crippen LogP contribution < -0.4 is 5.32 Å². The number of nitrogens with zero attached hydrogens (tertiary/aromatic N) is 2. The lowest BCUT2D eigenvalue weighted by Gasteiger charge is -2.24. The van der Waals surface area contributed by atoms with Crippen LogP contribution in [0.5, 0.6) is 0 Å². The van der Waals surface area contributed by atoms with Crippen LogP contribution in [0.15, 0.2) is 23.0 Å². The average Bonchev–Trinajstić information content (AvgIpc) is 3.06. The van der Waals surface area contributed by atoms with E-state index in [1.807, 2.05) is 13.1 Å². The molecule has 3 heterocycles. The first-order valence-electron chi connectivity index (χ1n) is 6.64. The molecule has 0 aromatic carbocycles. The molecule has 0 spiro atoms. The quantitative estimate of drug-likeness (QED) is 0.934. The van der Waals surface area contributed by atoms with Crippen molar-refractivity contribution in [3.05, 3.63) is 28.8 Å². The van der Waals surface area contributed by atoms with E-state index in [1.165, 1.54) is 5.56 Å². The van der Waals surface area contributed by atoms with E-state index in [9.17, 15) is 4.79 Å². The number of rotatable bonds is 3. The van der Waals surface area contributed by atoms with Crippen LogP contribution in [0, 0.1) is 5.92 Å². The van der Waals surface area contributed by atoms with Crippen LogP contribution in [-0.2, 0) is 17.8 Å². The molecule has 0 radical (unpaired) electrons. The molecule has 0 saturated heterocycles. The van der Waals surface area contributed by atoms with Crippen LogP contribution in [0.25, 0.3) is 11.3 Å². The zero-order valence-electron chi connectivity index (χ0n) is 10.9. The van der Waals surface area contributed by atoms with Gasteiger partial charge in [0.25, 0.3) is 0 Å². The van der Waals surface area contributed by atoms with Gasteiger partial charge < -0.3 is 9.88 Å². The monoisotopic (exact) mass is 275 g/mol. The molecule has 4 nitrogen and oxygen atoms in total. The summed E-state index contributed by atoms with van der Waals surface area (Å²) in [5.41, 5.74) is 2.32. The highest BCUT2D eigenvalue weighted by Gasteiger charge is 2.26. The average molecular weight is 275 g/mol. The zero-order chi connectivity index (χ0) is 13.2. The minimum atomic E-state index is 0.0686. The summed E-state index contributed by atoms with van der Waals surface area (Å²) in [6.07, 6.45) is 3.70. The third-order valence-corrected chi connectivity index (χ3v) is 4.28. The number of amides is 1. The lowest BCUT2D eigenvalue weighted by atomic mass is 9.98. The Morgan fingerprint density at radius 2 is 2.53 bits per heavy atom. The molecule has 0 fully saturated rings. The second kappa shape index (κ2) is 5.17. The van der Waals surface area contributed by atoms with Crippen molar-refractivity contribution in [2.75, 3.05) is 6.54 Å². The molecule has 2 aromatic heterocycles. The van der Waals surface area contributed by atoms with Crippen molar-refractivity contribution in [3.63, 3.8) is 0 Å². The van der Waals surface area contributed by atoms with Gasteiger partial charge in [-0.3, -0.25) is 4.79 Å². The zero-order valence-corrected chi connectivity index (χ0v) is 11.7. The third-order valence-electron chi connectivity index (χ3n) is 3.60. The molecule has 2 aromatic rings. The molecule has 0 saturated carbocycles. The standard InChI is InChI=1S/C14H17N3OS/c1-2-15-14(18)10-3-4-13-16-7-12(17(13)8-10)11-5-6-19-9-11/h5-7,9-10H,2-4,8H2,1H3,(H,15,18). The normalized spacial score (nSPS) is 18.1. The molecule has 0 aliphatic carbocycles. The van der Waals surface area contributed by atoms with E-state index in [4.69, 9.17) is 0 Å². The van der Waals surface area contributed by atoms with Crippen molar-refractivity contribution in [3.8, 4) is 11.3 Å². The van der Waals surface area contributed by atoms with Crippen LogP contribution in [0.1, 0.15) is 19.2 Å². The van der Waals surface area contributed by atoms with Gasteiger partial charge >= 0.3 is 0 Å². The maximum atomic E-state index is 12.0. The molecule has 5 heteroatoms. The lowest BCUT2D eigenvalue weighted by molar-refractivity contribution is -0.125. The first kappa shape index (κ1) is 12.4. The van der Waals surface area contributed by atoms with Crippen LogP contribution in [-0.4, -0.2) is 22.0 Å². The second-order valence-corrected chi connectivity index (χ2v) is 5.59. The van der Waals surface area contributed by atoms with E-state index < -0.39 is 0 Å². The summed E-state index contributed by atoms with van der Waals surface area (Å²) in [4.78, 5) is 16.5. The maximum absolute atomic E-state index is 12.0. The summed E-state index contributed by atoms with van der Waals surface area (Å²) < 4.78 is 2.20. The number of aromatic nitrogens is 2. The molecule has 0 bridgehead atoms. The van der Waals surface area contributed by atoms with Crippen LogP contribution in [0.3, 0.4) is 0 Å². The first-order chi connectivity index (χ1) is 9.29. The van der Waals surface area contributed by atoms with Crippen molar-refractivity contribution in [2.45, 2.75) is 26.3 Å². The largest absolute Gasteiger partial charge is 0.356 e. The van der Waals surface area contributed by atoms with Crippen molar-refractivity contribution in [2.24, 2.45) is 5.92 Å². The summed E-state index contributed by atoms with van der Waals surface area (Å²) >= 11 is 1.68. The van der Waals surface area contributed by atoms with Crippen molar-refractivity contribution < 1.29 is 4.79 Å². The lowest BCUT2D eigenvalue weighted by Crippen LogP contribution is -2.36.